The number of rotatable bonds is 6. The van der Waals surface area contributed by atoms with Crippen LogP contribution in [0, 0.1) is 5.92 Å². The Bertz CT molecular complexity index is 685. The van der Waals surface area contributed by atoms with Crippen molar-refractivity contribution in [3.05, 3.63) is 11.6 Å². The zero-order chi connectivity index (χ0) is 19.5. The zero-order valence-electron chi connectivity index (χ0n) is 15.5. The third kappa shape index (κ3) is 5.77. The van der Waals surface area contributed by atoms with Crippen molar-refractivity contribution in [2.24, 2.45) is 5.92 Å². The van der Waals surface area contributed by atoms with E-state index in [2.05, 4.69) is 28.5 Å². The molecule has 0 unspecified atom stereocenters. The van der Waals surface area contributed by atoms with E-state index in [4.69, 9.17) is 0 Å². The van der Waals surface area contributed by atoms with Crippen LogP contribution in [-0.2, 0) is 19.4 Å². The Balaban J connectivity index is 1.89. The average Bonchev–Trinajstić information content (AvgIpc) is 2.83. The fraction of sp³-hybridized carbons (Fsp3) is 0.765. The van der Waals surface area contributed by atoms with Crippen LogP contribution in [0.1, 0.15) is 27.2 Å². The summed E-state index contributed by atoms with van der Waals surface area (Å²) in [6.07, 6.45) is 3.15. The number of carbonyl (C=O) groups is 2. The summed E-state index contributed by atoms with van der Waals surface area (Å²) >= 11 is 0. The molecule has 0 radical (unpaired) electrons. The van der Waals surface area contributed by atoms with Crippen molar-refractivity contribution in [1.29, 1.82) is 0 Å². The molecule has 26 heavy (non-hydrogen) atoms. The fourth-order valence-electron chi connectivity index (χ4n) is 3.07. The van der Waals surface area contributed by atoms with E-state index < -0.39 is 39.3 Å². The van der Waals surface area contributed by atoms with Crippen LogP contribution in [0.5, 0.6) is 0 Å². The van der Waals surface area contributed by atoms with Crippen LogP contribution in [-0.4, -0.2) is 74.5 Å². The standard InChI is InChI=1S/C17H28FN3O4S/c1-12-4-7-21(8-5-12)9-6-19-15(22)13-10-26(24,25)11-14(13)20-16(23)17(2,3)18/h4,13-14H,5-11H2,1-3H3,(H,19,22)(H,20,23)/t13-,14-/m1/s1. The molecule has 0 saturated carbocycles. The molecular weight excluding hydrogens is 361 g/mol. The molecule has 0 spiro atoms. The van der Waals surface area contributed by atoms with E-state index >= 15 is 0 Å². The van der Waals surface area contributed by atoms with Gasteiger partial charge in [0.15, 0.2) is 15.5 Å². The number of alkyl halides is 1. The van der Waals surface area contributed by atoms with Crippen LogP contribution in [0.3, 0.4) is 0 Å². The highest BCUT2D eigenvalue weighted by atomic mass is 32.2. The van der Waals surface area contributed by atoms with Gasteiger partial charge in [-0.2, -0.15) is 0 Å². The van der Waals surface area contributed by atoms with Crippen molar-refractivity contribution in [1.82, 2.24) is 15.5 Å². The fourth-order valence-corrected chi connectivity index (χ4v) is 5.00. The third-order valence-corrected chi connectivity index (χ3v) is 6.53. The molecule has 1 saturated heterocycles. The second-order valence-electron chi connectivity index (χ2n) is 7.63. The second-order valence-corrected chi connectivity index (χ2v) is 9.78. The number of halogens is 1. The van der Waals surface area contributed by atoms with Gasteiger partial charge < -0.3 is 10.6 Å². The van der Waals surface area contributed by atoms with E-state index in [1.165, 1.54) is 5.57 Å². The molecule has 2 amide bonds. The number of hydrogen-bond donors (Lipinski definition) is 2. The lowest BCUT2D eigenvalue weighted by molar-refractivity contribution is -0.132. The number of carbonyl (C=O) groups excluding carboxylic acids is 2. The van der Waals surface area contributed by atoms with Gasteiger partial charge in [-0.05, 0) is 27.2 Å². The molecule has 2 aliphatic rings. The minimum atomic E-state index is -3.45. The molecule has 0 aromatic carbocycles. The monoisotopic (exact) mass is 389 g/mol. The molecule has 2 aliphatic heterocycles. The summed E-state index contributed by atoms with van der Waals surface area (Å²) in [5.41, 5.74) is -0.774. The van der Waals surface area contributed by atoms with Crippen molar-refractivity contribution >= 4 is 21.7 Å². The summed E-state index contributed by atoms with van der Waals surface area (Å²) in [5.74, 6) is -2.90. The molecule has 1 fully saturated rings. The molecule has 2 heterocycles. The maximum absolute atomic E-state index is 13.7. The minimum absolute atomic E-state index is 0.331. The van der Waals surface area contributed by atoms with Gasteiger partial charge in [0.25, 0.3) is 5.91 Å². The Morgan fingerprint density at radius 3 is 2.62 bits per heavy atom. The molecule has 0 bridgehead atoms. The molecule has 2 rings (SSSR count). The summed E-state index contributed by atoms with van der Waals surface area (Å²) in [7, 11) is -3.45. The molecule has 0 aliphatic carbocycles. The highest BCUT2D eigenvalue weighted by Crippen LogP contribution is 2.21. The zero-order valence-corrected chi connectivity index (χ0v) is 16.4. The first-order valence-corrected chi connectivity index (χ1v) is 10.7. The first kappa shape index (κ1) is 20.8. The predicted octanol–water partition coefficient (Wildman–Crippen LogP) is 0.0321. The van der Waals surface area contributed by atoms with Crippen molar-refractivity contribution in [2.45, 2.75) is 38.9 Å². The van der Waals surface area contributed by atoms with E-state index in [1.54, 1.807) is 0 Å². The van der Waals surface area contributed by atoms with Crippen LogP contribution in [0.25, 0.3) is 0 Å². The summed E-state index contributed by atoms with van der Waals surface area (Å²) < 4.78 is 37.5. The number of sulfone groups is 1. The smallest absolute Gasteiger partial charge is 0.257 e. The highest BCUT2D eigenvalue weighted by Gasteiger charge is 2.44. The Morgan fingerprint density at radius 1 is 1.35 bits per heavy atom. The van der Waals surface area contributed by atoms with E-state index in [0.717, 1.165) is 33.4 Å². The highest BCUT2D eigenvalue weighted by molar-refractivity contribution is 7.91. The quantitative estimate of drug-likeness (QED) is 0.625. The lowest BCUT2D eigenvalue weighted by Crippen LogP contribution is -2.51. The lowest BCUT2D eigenvalue weighted by atomic mass is 10.0. The second kappa shape index (κ2) is 8.04. The average molecular weight is 389 g/mol. The van der Waals surface area contributed by atoms with E-state index in [-0.39, 0.29) is 11.5 Å². The van der Waals surface area contributed by atoms with Crippen molar-refractivity contribution in [2.75, 3.05) is 37.7 Å². The van der Waals surface area contributed by atoms with Gasteiger partial charge in [0.1, 0.15) is 0 Å². The SMILES string of the molecule is CC1=CCN(CCNC(=O)[C@@H]2CS(=O)(=O)C[C@H]2NC(=O)C(C)(C)F)CC1. The number of amides is 2. The van der Waals surface area contributed by atoms with Gasteiger partial charge in [0.05, 0.1) is 23.5 Å². The maximum atomic E-state index is 13.7. The first-order chi connectivity index (χ1) is 12.0. The molecule has 2 atom stereocenters. The van der Waals surface area contributed by atoms with Crippen LogP contribution >= 0.6 is 0 Å². The summed E-state index contributed by atoms with van der Waals surface area (Å²) in [6, 6.07) is -0.900. The van der Waals surface area contributed by atoms with Gasteiger partial charge in [-0.1, -0.05) is 11.6 Å². The number of nitrogens with zero attached hydrogens (tertiary/aromatic N) is 1. The third-order valence-electron chi connectivity index (χ3n) is 4.79. The van der Waals surface area contributed by atoms with Gasteiger partial charge in [0.2, 0.25) is 5.91 Å². The topological polar surface area (TPSA) is 95.6 Å². The van der Waals surface area contributed by atoms with Gasteiger partial charge in [-0.3, -0.25) is 14.5 Å². The molecule has 0 aromatic rings. The molecule has 9 heteroatoms. The van der Waals surface area contributed by atoms with Gasteiger partial charge in [-0.25, -0.2) is 12.8 Å². The molecule has 0 aromatic heterocycles. The Labute approximate surface area is 154 Å². The Hall–Kier alpha value is -1.48. The lowest BCUT2D eigenvalue weighted by Gasteiger charge is -2.26. The first-order valence-electron chi connectivity index (χ1n) is 8.84. The Morgan fingerprint density at radius 2 is 2.04 bits per heavy atom. The maximum Gasteiger partial charge on any atom is 0.257 e. The van der Waals surface area contributed by atoms with Crippen LogP contribution < -0.4 is 10.6 Å². The Kier molecular flexibility index (Phi) is 6.44. The van der Waals surface area contributed by atoms with Crippen LogP contribution in [0.4, 0.5) is 4.39 Å². The normalized spacial score (nSPS) is 26.2. The van der Waals surface area contributed by atoms with Crippen LogP contribution in [0.2, 0.25) is 0 Å². The largest absolute Gasteiger partial charge is 0.354 e. The van der Waals surface area contributed by atoms with Crippen molar-refractivity contribution in [3.8, 4) is 0 Å². The van der Waals surface area contributed by atoms with E-state index in [9.17, 15) is 22.4 Å². The molecular formula is C17H28FN3O4S. The summed E-state index contributed by atoms with van der Waals surface area (Å²) in [4.78, 5) is 26.4. The minimum Gasteiger partial charge on any atom is -0.354 e. The van der Waals surface area contributed by atoms with Crippen LogP contribution in [0.15, 0.2) is 11.6 Å². The van der Waals surface area contributed by atoms with Crippen molar-refractivity contribution < 1.29 is 22.4 Å². The van der Waals surface area contributed by atoms with Gasteiger partial charge >= 0.3 is 0 Å². The van der Waals surface area contributed by atoms with Gasteiger partial charge in [0, 0.05) is 26.2 Å². The predicted molar refractivity (Wildman–Crippen MR) is 97.1 cm³/mol. The molecule has 2 N–H and O–H groups in total. The van der Waals surface area contributed by atoms with E-state index in [0.29, 0.717) is 13.1 Å². The van der Waals surface area contributed by atoms with E-state index in [1.807, 2.05) is 0 Å². The molecule has 148 valence electrons. The molecule has 7 nitrogen and oxygen atoms in total. The number of hydrogen-bond acceptors (Lipinski definition) is 5. The summed E-state index contributed by atoms with van der Waals surface area (Å²) in [6.45, 7) is 7.11. The summed E-state index contributed by atoms with van der Waals surface area (Å²) in [5, 5.41) is 5.13. The van der Waals surface area contributed by atoms with Gasteiger partial charge in [-0.15, -0.1) is 0 Å². The number of nitrogens with one attached hydrogen (secondary N) is 2. The van der Waals surface area contributed by atoms with Crippen molar-refractivity contribution in [3.63, 3.8) is 0 Å².